The fourth-order valence-electron chi connectivity index (χ4n) is 4.10. The second-order valence-electron chi connectivity index (χ2n) is 7.74. The van der Waals surface area contributed by atoms with Crippen LogP contribution in [-0.2, 0) is 6.42 Å². The molecule has 0 saturated heterocycles. The summed E-state index contributed by atoms with van der Waals surface area (Å²) >= 11 is 0. The summed E-state index contributed by atoms with van der Waals surface area (Å²) < 4.78 is 26.8. The predicted octanol–water partition coefficient (Wildman–Crippen LogP) is 7.01. The van der Waals surface area contributed by atoms with Crippen molar-refractivity contribution in [1.82, 2.24) is 0 Å². The van der Waals surface area contributed by atoms with Crippen LogP contribution in [0.25, 0.3) is 10.8 Å². The summed E-state index contributed by atoms with van der Waals surface area (Å²) in [6.45, 7) is 2.18. The lowest BCUT2D eigenvalue weighted by molar-refractivity contribution is 0.384. The van der Waals surface area contributed by atoms with E-state index in [4.69, 9.17) is 0 Å². The van der Waals surface area contributed by atoms with Crippen molar-refractivity contribution in [2.24, 2.45) is 5.92 Å². The fraction of sp³-hybridized carbons (Fsp3) is 0.308. The average molecular weight is 374 g/mol. The van der Waals surface area contributed by atoms with Crippen molar-refractivity contribution in [3.63, 3.8) is 0 Å². The van der Waals surface area contributed by atoms with Crippen LogP contribution in [0.5, 0.6) is 0 Å². The third-order valence-corrected chi connectivity index (χ3v) is 5.89. The van der Waals surface area contributed by atoms with Crippen LogP contribution >= 0.6 is 0 Å². The molecule has 0 nitrogen and oxygen atoms in total. The zero-order valence-corrected chi connectivity index (χ0v) is 16.1. The topological polar surface area (TPSA) is 0 Å². The maximum atomic E-state index is 13.5. The molecule has 0 N–H and O–H groups in total. The van der Waals surface area contributed by atoms with Gasteiger partial charge in [-0.3, -0.25) is 0 Å². The van der Waals surface area contributed by atoms with E-state index in [1.807, 2.05) is 12.1 Å². The Hall–Kier alpha value is -2.66. The van der Waals surface area contributed by atoms with Gasteiger partial charge in [-0.15, -0.1) is 0 Å². The van der Waals surface area contributed by atoms with E-state index in [0.717, 1.165) is 24.8 Å². The van der Waals surface area contributed by atoms with E-state index in [9.17, 15) is 8.78 Å². The van der Waals surface area contributed by atoms with Crippen molar-refractivity contribution < 1.29 is 8.78 Å². The van der Waals surface area contributed by atoms with E-state index in [-0.39, 0.29) is 0 Å². The summed E-state index contributed by atoms with van der Waals surface area (Å²) in [5.41, 5.74) is 3.70. The fourth-order valence-corrected chi connectivity index (χ4v) is 4.10. The zero-order valence-electron chi connectivity index (χ0n) is 16.1. The third kappa shape index (κ3) is 4.09. The Morgan fingerprint density at radius 2 is 1.50 bits per heavy atom. The minimum absolute atomic E-state index is 0.409. The first kappa shape index (κ1) is 18.7. The first-order valence-corrected chi connectivity index (χ1v) is 10.1. The molecule has 3 aromatic rings. The molecular formula is C26H24F2. The van der Waals surface area contributed by atoms with Crippen LogP contribution in [0, 0.1) is 29.4 Å². The SMILES string of the molecule is CCc1ccc(C2CCC(C#Cc3ccc4cc(F)c(F)cc4c3)CC2)cc1. The van der Waals surface area contributed by atoms with Crippen molar-refractivity contribution in [2.45, 2.75) is 44.9 Å². The van der Waals surface area contributed by atoms with E-state index in [2.05, 4.69) is 43.0 Å². The summed E-state index contributed by atoms with van der Waals surface area (Å²) in [5.74, 6) is 6.07. The van der Waals surface area contributed by atoms with Crippen molar-refractivity contribution in [3.8, 4) is 11.8 Å². The largest absolute Gasteiger partial charge is 0.204 e. The lowest BCUT2D eigenvalue weighted by Crippen LogP contribution is -2.12. The molecule has 0 radical (unpaired) electrons. The number of aryl methyl sites for hydroxylation is 1. The Morgan fingerprint density at radius 3 is 2.18 bits per heavy atom. The van der Waals surface area contributed by atoms with Gasteiger partial charge in [-0.1, -0.05) is 49.1 Å². The van der Waals surface area contributed by atoms with Gasteiger partial charge in [0, 0.05) is 11.5 Å². The molecule has 0 heterocycles. The molecule has 0 bridgehead atoms. The molecule has 2 heteroatoms. The summed E-state index contributed by atoms with van der Waals surface area (Å²) in [6.07, 6.45) is 5.65. The highest BCUT2D eigenvalue weighted by Crippen LogP contribution is 2.35. The van der Waals surface area contributed by atoms with Crippen LogP contribution in [0.15, 0.2) is 54.6 Å². The summed E-state index contributed by atoms with van der Waals surface area (Å²) in [6, 6.07) is 17.1. The zero-order chi connectivity index (χ0) is 19.5. The minimum Gasteiger partial charge on any atom is -0.204 e. The van der Waals surface area contributed by atoms with E-state index < -0.39 is 11.6 Å². The van der Waals surface area contributed by atoms with Crippen molar-refractivity contribution in [2.75, 3.05) is 0 Å². The van der Waals surface area contributed by atoms with Gasteiger partial charge in [0.05, 0.1) is 0 Å². The Bertz CT molecular complexity index is 1030. The van der Waals surface area contributed by atoms with Crippen molar-refractivity contribution in [1.29, 1.82) is 0 Å². The highest BCUT2D eigenvalue weighted by Gasteiger charge is 2.21. The van der Waals surface area contributed by atoms with Crippen LogP contribution in [0.1, 0.15) is 55.2 Å². The monoisotopic (exact) mass is 374 g/mol. The molecule has 142 valence electrons. The molecule has 1 aliphatic carbocycles. The van der Waals surface area contributed by atoms with Crippen molar-refractivity contribution >= 4 is 10.8 Å². The van der Waals surface area contributed by atoms with Crippen LogP contribution in [0.4, 0.5) is 8.78 Å². The van der Waals surface area contributed by atoms with Gasteiger partial charge in [-0.05, 0) is 84.2 Å². The molecule has 1 aliphatic rings. The average Bonchev–Trinajstić information content (AvgIpc) is 2.73. The smallest absolute Gasteiger partial charge is 0.159 e. The number of halogens is 2. The lowest BCUT2D eigenvalue weighted by Gasteiger charge is -2.26. The highest BCUT2D eigenvalue weighted by atomic mass is 19.2. The molecule has 0 amide bonds. The van der Waals surface area contributed by atoms with Crippen LogP contribution < -0.4 is 0 Å². The predicted molar refractivity (Wildman–Crippen MR) is 111 cm³/mol. The molecule has 0 atom stereocenters. The molecule has 28 heavy (non-hydrogen) atoms. The minimum atomic E-state index is -0.817. The van der Waals surface area contributed by atoms with Crippen LogP contribution in [-0.4, -0.2) is 0 Å². The van der Waals surface area contributed by atoms with Crippen LogP contribution in [0.3, 0.4) is 0 Å². The Balaban J connectivity index is 1.41. The number of hydrogen-bond donors (Lipinski definition) is 0. The summed E-state index contributed by atoms with van der Waals surface area (Å²) in [7, 11) is 0. The quantitative estimate of drug-likeness (QED) is 0.423. The molecule has 0 aliphatic heterocycles. The van der Waals surface area contributed by atoms with Crippen molar-refractivity contribution in [3.05, 3.63) is 82.9 Å². The molecule has 0 aromatic heterocycles. The second-order valence-corrected chi connectivity index (χ2v) is 7.74. The van der Waals surface area contributed by atoms with E-state index in [1.54, 1.807) is 6.07 Å². The van der Waals surface area contributed by atoms with Gasteiger partial charge in [-0.2, -0.15) is 0 Å². The van der Waals surface area contributed by atoms with Gasteiger partial charge >= 0.3 is 0 Å². The van der Waals surface area contributed by atoms with E-state index in [1.165, 1.54) is 36.1 Å². The maximum Gasteiger partial charge on any atom is 0.159 e. The second kappa shape index (κ2) is 8.15. The van der Waals surface area contributed by atoms with E-state index >= 15 is 0 Å². The number of hydrogen-bond acceptors (Lipinski definition) is 0. The molecule has 1 saturated carbocycles. The van der Waals surface area contributed by atoms with Gasteiger partial charge in [0.2, 0.25) is 0 Å². The van der Waals surface area contributed by atoms with Gasteiger partial charge in [0.1, 0.15) is 0 Å². The summed E-state index contributed by atoms with van der Waals surface area (Å²) in [4.78, 5) is 0. The Kier molecular flexibility index (Phi) is 5.44. The molecule has 3 aromatic carbocycles. The Labute approximate surface area is 165 Å². The number of rotatable bonds is 2. The molecule has 0 spiro atoms. The molecule has 1 fully saturated rings. The molecule has 0 unspecified atom stereocenters. The number of fused-ring (bicyclic) bond motifs is 1. The summed E-state index contributed by atoms with van der Waals surface area (Å²) in [5, 5.41) is 1.38. The normalized spacial score (nSPS) is 19.2. The third-order valence-electron chi connectivity index (χ3n) is 5.89. The van der Waals surface area contributed by atoms with E-state index in [0.29, 0.717) is 22.6 Å². The first-order chi connectivity index (χ1) is 13.6. The Morgan fingerprint density at radius 1 is 0.821 bits per heavy atom. The first-order valence-electron chi connectivity index (χ1n) is 10.1. The van der Waals surface area contributed by atoms with Gasteiger partial charge < -0.3 is 0 Å². The molecular weight excluding hydrogens is 350 g/mol. The van der Waals surface area contributed by atoms with Crippen LogP contribution in [0.2, 0.25) is 0 Å². The maximum absolute atomic E-state index is 13.5. The van der Waals surface area contributed by atoms with Gasteiger partial charge in [0.25, 0.3) is 0 Å². The van der Waals surface area contributed by atoms with Gasteiger partial charge in [-0.25, -0.2) is 8.78 Å². The highest BCUT2D eigenvalue weighted by molar-refractivity contribution is 5.84. The van der Waals surface area contributed by atoms with Gasteiger partial charge in [0.15, 0.2) is 11.6 Å². The number of benzene rings is 3. The standard InChI is InChI=1S/C26H24F2/c1-2-18-5-10-21(11-6-18)22-12-7-19(8-13-22)3-4-20-9-14-23-16-25(27)26(28)17-24(23)15-20/h5-6,9-11,14-17,19,22H,2,7-8,12-13H2,1H3. The molecule has 4 rings (SSSR count). The lowest BCUT2D eigenvalue weighted by atomic mass is 9.79.